The molecule has 1 saturated heterocycles. The number of hydrogen-bond donors (Lipinski definition) is 1. The van der Waals surface area contributed by atoms with Crippen molar-refractivity contribution in [3.63, 3.8) is 0 Å². The summed E-state index contributed by atoms with van der Waals surface area (Å²) in [6.07, 6.45) is 0.650. The van der Waals surface area contributed by atoms with E-state index in [9.17, 15) is 9.59 Å². The van der Waals surface area contributed by atoms with Gasteiger partial charge in [-0.1, -0.05) is 29.3 Å². The van der Waals surface area contributed by atoms with Crippen LogP contribution in [0.25, 0.3) is 0 Å². The van der Waals surface area contributed by atoms with Gasteiger partial charge in [-0.2, -0.15) is 0 Å². The fraction of sp³-hybridized carbons (Fsp3) is 0.333. The molecule has 2 unspecified atom stereocenters. The number of hydrogen-bond acceptors (Lipinski definition) is 2. The maximum Gasteiger partial charge on any atom is 0.245 e. The quantitative estimate of drug-likeness (QED) is 0.903. The lowest BCUT2D eigenvalue weighted by Crippen LogP contribution is -2.51. The Labute approximate surface area is 114 Å². The molecular formula is C12H10Cl2N2O2. The Morgan fingerprint density at radius 2 is 1.89 bits per heavy atom. The Hall–Kier alpha value is -1.26. The zero-order valence-electron chi connectivity index (χ0n) is 9.32. The van der Waals surface area contributed by atoms with Crippen molar-refractivity contribution in [1.82, 2.24) is 10.4 Å². The molecule has 0 aromatic heterocycles. The number of benzene rings is 1. The van der Waals surface area contributed by atoms with E-state index in [4.69, 9.17) is 23.2 Å². The molecule has 1 saturated carbocycles. The molecule has 1 aliphatic heterocycles. The monoisotopic (exact) mass is 284 g/mol. The minimum Gasteiger partial charge on any atom is -0.273 e. The molecule has 0 bridgehead atoms. The van der Waals surface area contributed by atoms with Crippen LogP contribution < -0.4 is 5.43 Å². The highest BCUT2D eigenvalue weighted by atomic mass is 35.5. The van der Waals surface area contributed by atoms with Gasteiger partial charge in [0.15, 0.2) is 0 Å². The van der Waals surface area contributed by atoms with Crippen LogP contribution in [0.5, 0.6) is 0 Å². The van der Waals surface area contributed by atoms with Crippen molar-refractivity contribution < 1.29 is 9.59 Å². The highest BCUT2D eigenvalue weighted by Crippen LogP contribution is 2.43. The zero-order valence-corrected chi connectivity index (χ0v) is 10.8. The Balaban J connectivity index is 1.84. The van der Waals surface area contributed by atoms with Crippen LogP contribution in [0.4, 0.5) is 0 Å². The normalized spacial score (nSPS) is 25.8. The molecule has 2 fully saturated rings. The summed E-state index contributed by atoms with van der Waals surface area (Å²) in [5.74, 6) is -0.436. The fourth-order valence-corrected chi connectivity index (χ4v) is 2.70. The molecule has 1 N–H and O–H groups in total. The second-order valence-electron chi connectivity index (χ2n) is 4.55. The van der Waals surface area contributed by atoms with E-state index in [1.807, 2.05) is 0 Å². The van der Waals surface area contributed by atoms with Crippen LogP contribution >= 0.6 is 23.2 Å². The average molecular weight is 285 g/mol. The number of rotatable bonds is 2. The van der Waals surface area contributed by atoms with E-state index >= 15 is 0 Å². The second kappa shape index (κ2) is 4.14. The summed E-state index contributed by atoms with van der Waals surface area (Å²) in [4.78, 5) is 23.5. The van der Waals surface area contributed by atoms with Gasteiger partial charge in [-0.25, -0.2) is 5.01 Å². The van der Waals surface area contributed by atoms with Crippen LogP contribution in [0.1, 0.15) is 12.0 Å². The van der Waals surface area contributed by atoms with Gasteiger partial charge in [0.25, 0.3) is 0 Å². The van der Waals surface area contributed by atoms with E-state index in [1.165, 1.54) is 5.01 Å². The summed E-state index contributed by atoms with van der Waals surface area (Å²) in [5.41, 5.74) is 3.23. The van der Waals surface area contributed by atoms with Crippen molar-refractivity contribution in [3.8, 4) is 0 Å². The number of fused-ring (bicyclic) bond motifs is 1. The van der Waals surface area contributed by atoms with Crippen LogP contribution in [0.15, 0.2) is 18.2 Å². The molecule has 2 amide bonds. The first-order valence-corrected chi connectivity index (χ1v) is 6.38. The Morgan fingerprint density at radius 3 is 2.56 bits per heavy atom. The average Bonchev–Trinajstić information content (AvgIpc) is 3.11. The van der Waals surface area contributed by atoms with Gasteiger partial charge in [-0.05, 0) is 18.6 Å². The molecule has 1 aromatic rings. The molecule has 94 valence electrons. The molecule has 1 aliphatic carbocycles. The van der Waals surface area contributed by atoms with Gasteiger partial charge < -0.3 is 0 Å². The lowest BCUT2D eigenvalue weighted by atomic mass is 10.2. The first-order chi connectivity index (χ1) is 8.58. The molecule has 4 nitrogen and oxygen atoms in total. The van der Waals surface area contributed by atoms with Crippen LogP contribution in [0.3, 0.4) is 0 Å². The molecule has 6 heteroatoms. The van der Waals surface area contributed by atoms with Crippen LogP contribution in [-0.2, 0) is 16.1 Å². The second-order valence-corrected chi connectivity index (χ2v) is 5.36. The van der Waals surface area contributed by atoms with Gasteiger partial charge >= 0.3 is 0 Å². The molecule has 2 atom stereocenters. The summed E-state index contributed by atoms with van der Waals surface area (Å²) < 4.78 is 0. The van der Waals surface area contributed by atoms with Crippen molar-refractivity contribution in [3.05, 3.63) is 33.8 Å². The molecule has 0 radical (unpaired) electrons. The lowest BCUT2D eigenvalue weighted by Gasteiger charge is -2.27. The first-order valence-electron chi connectivity index (χ1n) is 5.62. The smallest absolute Gasteiger partial charge is 0.245 e. The van der Waals surface area contributed by atoms with Crippen molar-refractivity contribution in [1.29, 1.82) is 0 Å². The van der Waals surface area contributed by atoms with Gasteiger partial charge in [-0.15, -0.1) is 0 Å². The minimum absolute atomic E-state index is 0.0596. The zero-order chi connectivity index (χ0) is 12.9. The van der Waals surface area contributed by atoms with E-state index in [0.717, 1.165) is 0 Å². The molecule has 0 spiro atoms. The molecule has 1 heterocycles. The highest BCUT2D eigenvalue weighted by molar-refractivity contribution is 6.36. The van der Waals surface area contributed by atoms with Gasteiger partial charge in [0, 0.05) is 15.6 Å². The van der Waals surface area contributed by atoms with Crippen molar-refractivity contribution in [2.45, 2.75) is 13.0 Å². The third-order valence-corrected chi connectivity index (χ3v) is 4.04. The number of carbonyl (C=O) groups excluding carboxylic acids is 2. The summed E-state index contributed by atoms with van der Waals surface area (Å²) in [6, 6.07) is 5.15. The third kappa shape index (κ3) is 1.85. The van der Waals surface area contributed by atoms with E-state index in [1.54, 1.807) is 18.2 Å². The minimum atomic E-state index is -0.153. The van der Waals surface area contributed by atoms with Gasteiger partial charge in [-0.3, -0.25) is 15.0 Å². The summed E-state index contributed by atoms with van der Waals surface area (Å²) in [5, 5.41) is 2.29. The molecule has 2 aliphatic rings. The van der Waals surface area contributed by atoms with Crippen molar-refractivity contribution >= 4 is 35.0 Å². The Kier molecular flexibility index (Phi) is 2.72. The first kappa shape index (κ1) is 11.8. The molecule has 18 heavy (non-hydrogen) atoms. The van der Waals surface area contributed by atoms with Gasteiger partial charge in [0.05, 0.1) is 18.4 Å². The Morgan fingerprint density at radius 1 is 1.22 bits per heavy atom. The number of nitrogens with zero attached hydrogens (tertiary/aromatic N) is 1. The van der Waals surface area contributed by atoms with E-state index in [-0.39, 0.29) is 30.2 Å². The van der Waals surface area contributed by atoms with E-state index < -0.39 is 0 Å². The summed E-state index contributed by atoms with van der Waals surface area (Å²) in [7, 11) is 0. The standard InChI is InChI=1S/C12H10Cl2N2O2/c13-9-2-1-3-10(14)8(9)5-16-12(18)7-4-6(7)11(17)15-16/h1-3,6-7H,4-5H2,(H,15,17). The van der Waals surface area contributed by atoms with Crippen LogP contribution in [0, 0.1) is 11.8 Å². The Bertz CT molecular complexity index is 527. The number of hydrazine groups is 1. The SMILES string of the molecule is O=C1NN(Cc2c(Cl)cccc2Cl)C(=O)C2CC12. The highest BCUT2D eigenvalue weighted by Gasteiger charge is 2.53. The maximum atomic E-state index is 12.0. The largest absolute Gasteiger partial charge is 0.273 e. The predicted octanol–water partition coefficient (Wildman–Crippen LogP) is 2.00. The van der Waals surface area contributed by atoms with Crippen LogP contribution in [-0.4, -0.2) is 16.8 Å². The van der Waals surface area contributed by atoms with Gasteiger partial charge in [0.2, 0.25) is 11.8 Å². The molecule has 1 aromatic carbocycles. The van der Waals surface area contributed by atoms with Crippen molar-refractivity contribution in [2.24, 2.45) is 11.8 Å². The number of halogens is 2. The topological polar surface area (TPSA) is 49.4 Å². The van der Waals surface area contributed by atoms with Crippen LogP contribution in [0.2, 0.25) is 10.0 Å². The van der Waals surface area contributed by atoms with Crippen molar-refractivity contribution in [2.75, 3.05) is 0 Å². The number of nitrogens with one attached hydrogen (secondary N) is 1. The number of carbonyl (C=O) groups is 2. The fourth-order valence-electron chi connectivity index (χ4n) is 2.19. The summed E-state index contributed by atoms with van der Waals surface area (Å²) >= 11 is 12.1. The predicted molar refractivity (Wildman–Crippen MR) is 66.8 cm³/mol. The molecular weight excluding hydrogens is 275 g/mol. The third-order valence-electron chi connectivity index (χ3n) is 3.33. The van der Waals surface area contributed by atoms with Gasteiger partial charge in [0.1, 0.15) is 0 Å². The lowest BCUT2D eigenvalue weighted by molar-refractivity contribution is -0.148. The number of amides is 2. The van der Waals surface area contributed by atoms with E-state index in [2.05, 4.69) is 5.43 Å². The van der Waals surface area contributed by atoms with E-state index in [0.29, 0.717) is 22.0 Å². The maximum absolute atomic E-state index is 12.0. The molecule has 3 rings (SSSR count). The summed E-state index contributed by atoms with van der Waals surface area (Å²) in [6.45, 7) is 0.201.